The molecule has 3 nitrogen and oxygen atoms in total. The van der Waals surface area contributed by atoms with E-state index in [-0.39, 0.29) is 25.7 Å². The first kappa shape index (κ1) is 10.7. The third-order valence-electron chi connectivity index (χ3n) is 3.63. The highest BCUT2D eigenvalue weighted by Gasteiger charge is 2.66. The first-order valence-corrected chi connectivity index (χ1v) is 4.76. The number of alkyl halides is 3. The Kier molecular flexibility index (Phi) is 1.91. The third-order valence-corrected chi connectivity index (χ3v) is 3.63. The van der Waals surface area contributed by atoms with E-state index in [1.54, 1.807) is 0 Å². The maximum absolute atomic E-state index is 12.2. The molecule has 6 heteroatoms. The zero-order valence-electron chi connectivity index (χ0n) is 7.97. The van der Waals surface area contributed by atoms with Crippen LogP contribution in [0.15, 0.2) is 0 Å². The van der Waals surface area contributed by atoms with Crippen molar-refractivity contribution in [2.24, 2.45) is 17.1 Å². The zero-order valence-corrected chi connectivity index (χ0v) is 7.97. The summed E-state index contributed by atoms with van der Waals surface area (Å²) in [5.74, 6) is -2.36. The van der Waals surface area contributed by atoms with Gasteiger partial charge in [0.25, 0.3) is 0 Å². The van der Waals surface area contributed by atoms with Gasteiger partial charge in [0, 0.05) is 0 Å². The van der Waals surface area contributed by atoms with Crippen molar-refractivity contribution in [3.63, 3.8) is 0 Å². The molecule has 3 N–H and O–H groups in total. The predicted molar refractivity (Wildman–Crippen MR) is 45.0 cm³/mol. The summed E-state index contributed by atoms with van der Waals surface area (Å²) in [5.41, 5.74) is 3.79. The van der Waals surface area contributed by atoms with Crippen molar-refractivity contribution < 1.29 is 23.1 Å². The van der Waals surface area contributed by atoms with Crippen LogP contribution in [0, 0.1) is 11.3 Å². The molecule has 86 valence electrons. The summed E-state index contributed by atoms with van der Waals surface area (Å²) in [6.07, 6.45) is -3.68. The minimum absolute atomic E-state index is 0.0444. The maximum Gasteiger partial charge on any atom is 0.391 e. The van der Waals surface area contributed by atoms with Crippen molar-refractivity contribution in [1.82, 2.24) is 0 Å². The molecule has 0 saturated heterocycles. The van der Waals surface area contributed by atoms with Crippen molar-refractivity contribution in [2.45, 2.75) is 37.4 Å². The van der Waals surface area contributed by atoms with Crippen LogP contribution in [-0.4, -0.2) is 22.8 Å². The van der Waals surface area contributed by atoms with Crippen LogP contribution < -0.4 is 5.73 Å². The summed E-state index contributed by atoms with van der Waals surface area (Å²) in [7, 11) is 0. The third kappa shape index (κ3) is 1.51. The van der Waals surface area contributed by atoms with E-state index in [0.717, 1.165) is 0 Å². The maximum atomic E-state index is 12.2. The van der Waals surface area contributed by atoms with E-state index in [4.69, 9.17) is 10.8 Å². The van der Waals surface area contributed by atoms with Gasteiger partial charge in [0.1, 0.15) is 5.54 Å². The molecule has 2 aliphatic carbocycles. The van der Waals surface area contributed by atoms with E-state index in [1.165, 1.54) is 0 Å². The number of carbonyl (C=O) groups is 1. The summed E-state index contributed by atoms with van der Waals surface area (Å²) in [4.78, 5) is 10.7. The van der Waals surface area contributed by atoms with Crippen molar-refractivity contribution in [1.29, 1.82) is 0 Å². The second kappa shape index (κ2) is 2.66. The molecular formula is C9H12F3NO2. The molecule has 0 aliphatic heterocycles. The lowest BCUT2D eigenvalue weighted by Crippen LogP contribution is -2.67. The Hall–Kier alpha value is -0.780. The smallest absolute Gasteiger partial charge is 0.391 e. The van der Waals surface area contributed by atoms with Crippen LogP contribution in [0.5, 0.6) is 0 Å². The topological polar surface area (TPSA) is 63.3 Å². The second-order valence-electron chi connectivity index (χ2n) is 4.96. The minimum Gasteiger partial charge on any atom is -0.480 e. The minimum atomic E-state index is -4.14. The SMILES string of the molecule is NC1(C(=O)O)CC2(CC(C(F)(F)F)C2)C1. The van der Waals surface area contributed by atoms with Crippen LogP contribution in [-0.2, 0) is 4.79 Å². The van der Waals surface area contributed by atoms with Gasteiger partial charge in [0.2, 0.25) is 0 Å². The molecule has 2 rings (SSSR count). The van der Waals surface area contributed by atoms with E-state index >= 15 is 0 Å². The zero-order chi connectivity index (χ0) is 11.5. The lowest BCUT2D eigenvalue weighted by Gasteiger charge is -2.60. The number of aliphatic carboxylic acids is 1. The van der Waals surface area contributed by atoms with Crippen molar-refractivity contribution >= 4 is 5.97 Å². The Labute approximate surface area is 84.4 Å². The van der Waals surface area contributed by atoms with Crippen molar-refractivity contribution in [3.8, 4) is 0 Å². The Morgan fingerprint density at radius 3 is 2.13 bits per heavy atom. The molecule has 1 spiro atoms. The van der Waals surface area contributed by atoms with Crippen molar-refractivity contribution in [3.05, 3.63) is 0 Å². The Morgan fingerprint density at radius 2 is 1.80 bits per heavy atom. The van der Waals surface area contributed by atoms with Gasteiger partial charge in [0.15, 0.2) is 0 Å². The lowest BCUT2D eigenvalue weighted by atomic mass is 9.45. The fourth-order valence-electron chi connectivity index (χ4n) is 2.94. The summed E-state index contributed by atoms with van der Waals surface area (Å²) in [6.45, 7) is 0. The largest absolute Gasteiger partial charge is 0.480 e. The highest BCUT2D eigenvalue weighted by molar-refractivity contribution is 5.80. The molecule has 15 heavy (non-hydrogen) atoms. The van der Waals surface area contributed by atoms with E-state index in [2.05, 4.69) is 0 Å². The van der Waals surface area contributed by atoms with Gasteiger partial charge in [-0.1, -0.05) is 0 Å². The summed E-state index contributed by atoms with van der Waals surface area (Å²) < 4.78 is 36.6. The van der Waals surface area contributed by atoms with Crippen LogP contribution in [0.25, 0.3) is 0 Å². The molecule has 2 aliphatic rings. The normalized spacial score (nSPS) is 44.7. The second-order valence-corrected chi connectivity index (χ2v) is 4.96. The van der Waals surface area contributed by atoms with Gasteiger partial charge in [-0.05, 0) is 31.1 Å². The van der Waals surface area contributed by atoms with Gasteiger partial charge >= 0.3 is 12.1 Å². The molecule has 2 fully saturated rings. The molecule has 2 saturated carbocycles. The highest BCUT2D eigenvalue weighted by Crippen LogP contribution is 2.64. The lowest BCUT2D eigenvalue weighted by molar-refractivity contribution is -0.243. The molecule has 0 aromatic heterocycles. The van der Waals surface area contributed by atoms with E-state index in [1.807, 2.05) is 0 Å². The number of hydrogen-bond acceptors (Lipinski definition) is 2. The quantitative estimate of drug-likeness (QED) is 0.708. The first-order chi connectivity index (χ1) is 6.67. The van der Waals surface area contributed by atoms with Crippen LogP contribution in [0.1, 0.15) is 25.7 Å². The monoisotopic (exact) mass is 223 g/mol. The van der Waals surface area contributed by atoms with Gasteiger partial charge in [-0.2, -0.15) is 13.2 Å². The van der Waals surface area contributed by atoms with Gasteiger partial charge in [0.05, 0.1) is 5.92 Å². The van der Waals surface area contributed by atoms with Crippen LogP contribution in [0.3, 0.4) is 0 Å². The Balaban J connectivity index is 1.90. The van der Waals surface area contributed by atoms with Crippen LogP contribution in [0.2, 0.25) is 0 Å². The van der Waals surface area contributed by atoms with Crippen LogP contribution in [0.4, 0.5) is 13.2 Å². The average molecular weight is 223 g/mol. The fourth-order valence-corrected chi connectivity index (χ4v) is 2.94. The molecule has 0 unspecified atom stereocenters. The number of carboxylic acid groups (broad SMARTS) is 1. The summed E-state index contributed by atoms with van der Waals surface area (Å²) >= 11 is 0. The molecule has 0 radical (unpaired) electrons. The molecular weight excluding hydrogens is 211 g/mol. The van der Waals surface area contributed by atoms with E-state index in [9.17, 15) is 18.0 Å². The molecule has 0 aromatic carbocycles. The molecule has 0 heterocycles. The van der Waals surface area contributed by atoms with Gasteiger partial charge in [-0.3, -0.25) is 4.79 Å². The standard InChI is InChI=1S/C9H12F3NO2/c10-9(11,12)5-1-7(2-5)3-8(13,4-7)6(14)15/h5H,1-4,13H2,(H,14,15). The first-order valence-electron chi connectivity index (χ1n) is 4.76. The van der Waals surface area contributed by atoms with Gasteiger partial charge in [-0.25, -0.2) is 0 Å². The Morgan fingerprint density at radius 1 is 1.33 bits per heavy atom. The van der Waals surface area contributed by atoms with Crippen molar-refractivity contribution in [2.75, 3.05) is 0 Å². The average Bonchev–Trinajstić information content (AvgIpc) is 1.90. The molecule has 0 atom stereocenters. The number of nitrogens with two attached hydrogens (primary N) is 1. The molecule has 0 amide bonds. The highest BCUT2D eigenvalue weighted by atomic mass is 19.4. The predicted octanol–water partition coefficient (Wildman–Crippen LogP) is 1.52. The van der Waals surface area contributed by atoms with Crippen LogP contribution >= 0.6 is 0 Å². The van der Waals surface area contributed by atoms with E-state index < -0.39 is 29.0 Å². The van der Waals surface area contributed by atoms with Gasteiger partial charge in [-0.15, -0.1) is 0 Å². The summed E-state index contributed by atoms with van der Waals surface area (Å²) in [6, 6.07) is 0. The fraction of sp³-hybridized carbons (Fsp3) is 0.889. The Bertz CT molecular complexity index is 299. The van der Waals surface area contributed by atoms with E-state index in [0.29, 0.717) is 0 Å². The summed E-state index contributed by atoms with van der Waals surface area (Å²) in [5, 5.41) is 8.72. The number of rotatable bonds is 1. The number of halogens is 3. The van der Waals surface area contributed by atoms with Gasteiger partial charge < -0.3 is 10.8 Å². The molecule has 0 bridgehead atoms. The number of carboxylic acids is 1. The number of hydrogen-bond donors (Lipinski definition) is 2. The molecule has 0 aromatic rings.